The molecule has 58 valence electrons. The molecule has 0 fully saturated rings. The van der Waals surface area contributed by atoms with Crippen molar-refractivity contribution in [3.63, 3.8) is 0 Å². The van der Waals surface area contributed by atoms with Gasteiger partial charge in [0.25, 0.3) is 0 Å². The summed E-state index contributed by atoms with van der Waals surface area (Å²) >= 11 is 0. The third-order valence-corrected chi connectivity index (χ3v) is 1.33. The van der Waals surface area contributed by atoms with Crippen molar-refractivity contribution in [2.24, 2.45) is 0 Å². The minimum absolute atomic E-state index is 0.341. The van der Waals surface area contributed by atoms with Gasteiger partial charge in [0.1, 0.15) is 5.76 Å². The Kier molecular flexibility index (Phi) is 4.73. The van der Waals surface area contributed by atoms with Crippen molar-refractivity contribution >= 4 is 0 Å². The van der Waals surface area contributed by atoms with Gasteiger partial charge in [0.05, 0.1) is 0 Å². The highest BCUT2D eigenvalue weighted by molar-refractivity contribution is 5.18. The van der Waals surface area contributed by atoms with Gasteiger partial charge < -0.3 is 5.11 Å². The highest BCUT2D eigenvalue weighted by Gasteiger charge is 1.90. The van der Waals surface area contributed by atoms with Crippen LogP contribution in [0.4, 0.5) is 0 Å². The predicted molar refractivity (Wildman–Crippen MR) is 45.1 cm³/mol. The fourth-order valence-electron chi connectivity index (χ4n) is 0.617. The van der Waals surface area contributed by atoms with Gasteiger partial charge in [-0.05, 0) is 31.4 Å². The first-order chi connectivity index (χ1) is 4.68. The number of aliphatic hydroxyl groups excluding tert-OH is 1. The molecule has 0 radical (unpaired) electrons. The lowest BCUT2D eigenvalue weighted by molar-refractivity contribution is 0.420. The summed E-state index contributed by atoms with van der Waals surface area (Å²) in [5.41, 5.74) is 0.746. The normalized spacial score (nSPS) is 11.6. The summed E-state index contributed by atoms with van der Waals surface area (Å²) in [4.78, 5) is 0. The zero-order valence-corrected chi connectivity index (χ0v) is 6.85. The Hall–Kier alpha value is -0.720. The molecule has 0 aromatic carbocycles. The molecule has 1 N–H and O–H groups in total. The fourth-order valence-corrected chi connectivity index (χ4v) is 0.617. The summed E-state index contributed by atoms with van der Waals surface area (Å²) in [6.07, 6.45) is 5.08. The summed E-state index contributed by atoms with van der Waals surface area (Å²) in [6, 6.07) is 0. The van der Waals surface area contributed by atoms with E-state index in [1.807, 2.05) is 6.08 Å². The van der Waals surface area contributed by atoms with Crippen LogP contribution in [0, 0.1) is 0 Å². The van der Waals surface area contributed by atoms with Crippen LogP contribution >= 0.6 is 0 Å². The molecule has 0 aliphatic carbocycles. The van der Waals surface area contributed by atoms with Gasteiger partial charge in [-0.25, -0.2) is 0 Å². The van der Waals surface area contributed by atoms with Gasteiger partial charge >= 0.3 is 0 Å². The van der Waals surface area contributed by atoms with Crippen LogP contribution in [0.2, 0.25) is 0 Å². The van der Waals surface area contributed by atoms with Gasteiger partial charge in [-0.15, -0.1) is 0 Å². The zero-order chi connectivity index (χ0) is 7.98. The monoisotopic (exact) mass is 140 g/mol. The summed E-state index contributed by atoms with van der Waals surface area (Å²) in [5.74, 6) is 0.341. The molecule has 0 aromatic rings. The second-order valence-electron chi connectivity index (χ2n) is 2.51. The molecule has 0 heterocycles. The Balaban J connectivity index is 3.58. The van der Waals surface area contributed by atoms with Gasteiger partial charge in [0, 0.05) is 0 Å². The Morgan fingerprint density at radius 3 is 2.60 bits per heavy atom. The van der Waals surface area contributed by atoms with Crippen molar-refractivity contribution in [2.45, 2.75) is 33.1 Å². The molecule has 10 heavy (non-hydrogen) atoms. The van der Waals surface area contributed by atoms with Crippen molar-refractivity contribution in [3.05, 3.63) is 24.0 Å². The van der Waals surface area contributed by atoms with E-state index in [-0.39, 0.29) is 0 Å². The van der Waals surface area contributed by atoms with Crippen LogP contribution in [0.3, 0.4) is 0 Å². The van der Waals surface area contributed by atoms with Crippen molar-refractivity contribution < 1.29 is 5.11 Å². The summed E-state index contributed by atoms with van der Waals surface area (Å²) in [7, 11) is 0. The molecule has 0 atom stereocenters. The lowest BCUT2D eigenvalue weighted by Gasteiger charge is -1.95. The van der Waals surface area contributed by atoms with E-state index in [2.05, 4.69) is 13.5 Å². The standard InChI is InChI=1S/C9H16O/c1-4-5-6-7-9(10)8(2)3/h7,10H,2,4-6H2,1,3H3. The zero-order valence-electron chi connectivity index (χ0n) is 6.85. The molecule has 0 saturated carbocycles. The van der Waals surface area contributed by atoms with Crippen LogP contribution in [-0.4, -0.2) is 5.11 Å². The number of hydrogen-bond donors (Lipinski definition) is 1. The minimum Gasteiger partial charge on any atom is -0.508 e. The molecule has 1 heteroatoms. The topological polar surface area (TPSA) is 20.2 Å². The van der Waals surface area contributed by atoms with Crippen molar-refractivity contribution in [2.75, 3.05) is 0 Å². The second kappa shape index (κ2) is 5.10. The van der Waals surface area contributed by atoms with Crippen molar-refractivity contribution in [1.82, 2.24) is 0 Å². The molecule has 0 unspecified atom stereocenters. The Bertz CT molecular complexity index is 134. The lowest BCUT2D eigenvalue weighted by atomic mass is 10.2. The van der Waals surface area contributed by atoms with E-state index in [4.69, 9.17) is 5.11 Å². The van der Waals surface area contributed by atoms with Crippen molar-refractivity contribution in [3.8, 4) is 0 Å². The molecule has 0 aromatic heterocycles. The van der Waals surface area contributed by atoms with E-state index < -0.39 is 0 Å². The van der Waals surface area contributed by atoms with Gasteiger partial charge in [-0.2, -0.15) is 0 Å². The largest absolute Gasteiger partial charge is 0.508 e. The maximum Gasteiger partial charge on any atom is 0.113 e. The van der Waals surface area contributed by atoms with E-state index in [0.717, 1.165) is 18.4 Å². The molecule has 0 bridgehead atoms. The Morgan fingerprint density at radius 2 is 2.20 bits per heavy atom. The van der Waals surface area contributed by atoms with Crippen LogP contribution in [0.25, 0.3) is 0 Å². The Morgan fingerprint density at radius 1 is 1.60 bits per heavy atom. The van der Waals surface area contributed by atoms with E-state index >= 15 is 0 Å². The molecule has 0 spiro atoms. The van der Waals surface area contributed by atoms with Gasteiger partial charge in [-0.1, -0.05) is 19.9 Å². The van der Waals surface area contributed by atoms with E-state index in [9.17, 15) is 0 Å². The highest BCUT2D eigenvalue weighted by Crippen LogP contribution is 2.05. The van der Waals surface area contributed by atoms with E-state index in [0.29, 0.717) is 5.76 Å². The molecule has 1 nitrogen and oxygen atoms in total. The highest BCUT2D eigenvalue weighted by atomic mass is 16.3. The number of unbranched alkanes of at least 4 members (excludes halogenated alkanes) is 2. The van der Waals surface area contributed by atoms with Crippen molar-refractivity contribution in [1.29, 1.82) is 0 Å². The summed E-state index contributed by atoms with van der Waals surface area (Å²) in [6.45, 7) is 7.55. The molecular weight excluding hydrogens is 124 g/mol. The van der Waals surface area contributed by atoms with Gasteiger partial charge in [0.2, 0.25) is 0 Å². The molecule has 0 saturated heterocycles. The average Bonchev–Trinajstić information content (AvgIpc) is 1.88. The summed E-state index contributed by atoms with van der Waals surface area (Å²) in [5, 5.41) is 9.11. The fraction of sp³-hybridized carbons (Fsp3) is 0.556. The molecule has 0 aliphatic rings. The van der Waals surface area contributed by atoms with Gasteiger partial charge in [-0.3, -0.25) is 0 Å². The maximum absolute atomic E-state index is 9.11. The van der Waals surface area contributed by atoms with Crippen LogP contribution in [0.1, 0.15) is 33.1 Å². The number of aliphatic hydroxyl groups is 1. The molecule has 0 aliphatic heterocycles. The molecular formula is C9H16O. The summed E-state index contributed by atoms with van der Waals surface area (Å²) < 4.78 is 0. The number of allylic oxidation sites excluding steroid dienone is 2. The van der Waals surface area contributed by atoms with E-state index in [1.54, 1.807) is 6.92 Å². The van der Waals surface area contributed by atoms with Crippen LogP contribution < -0.4 is 0 Å². The van der Waals surface area contributed by atoms with Crippen LogP contribution in [-0.2, 0) is 0 Å². The SMILES string of the molecule is C=C(C)C(O)=CCCCC. The van der Waals surface area contributed by atoms with Crippen LogP contribution in [0.5, 0.6) is 0 Å². The predicted octanol–water partition coefficient (Wildman–Crippen LogP) is 3.19. The Labute approximate surface area is 63.1 Å². The average molecular weight is 140 g/mol. The van der Waals surface area contributed by atoms with Crippen LogP contribution in [0.15, 0.2) is 24.0 Å². The van der Waals surface area contributed by atoms with Gasteiger partial charge in [0.15, 0.2) is 0 Å². The first-order valence-electron chi connectivity index (χ1n) is 3.73. The number of rotatable bonds is 4. The van der Waals surface area contributed by atoms with E-state index in [1.165, 1.54) is 6.42 Å². The number of hydrogen-bond acceptors (Lipinski definition) is 1. The second-order valence-corrected chi connectivity index (χ2v) is 2.51. The third-order valence-electron chi connectivity index (χ3n) is 1.33. The first kappa shape index (κ1) is 9.28. The smallest absolute Gasteiger partial charge is 0.113 e. The molecule has 0 rings (SSSR count). The quantitative estimate of drug-likeness (QED) is 0.361. The molecule has 0 amide bonds. The third kappa shape index (κ3) is 4.19. The first-order valence-corrected chi connectivity index (χ1v) is 3.73. The maximum atomic E-state index is 9.11. The lowest BCUT2D eigenvalue weighted by Crippen LogP contribution is -1.80. The minimum atomic E-state index is 0.341.